The van der Waals surface area contributed by atoms with E-state index in [1.54, 1.807) is 0 Å². The average Bonchev–Trinajstić information content (AvgIpc) is 3.26. The Morgan fingerprint density at radius 3 is 2.62 bits per heavy atom. The van der Waals surface area contributed by atoms with E-state index in [2.05, 4.69) is 20.4 Å². The minimum Gasteiger partial charge on any atom is -0.342 e. The number of aromatic nitrogens is 2. The molecule has 3 atom stereocenters. The number of carbonyl (C=O) groups excluding carboxylic acids is 1. The molecule has 4 aliphatic rings. The van der Waals surface area contributed by atoms with Crippen LogP contribution in [0.2, 0.25) is 0 Å². The molecular formula is C19H29ClN4O2. The van der Waals surface area contributed by atoms with Crippen molar-refractivity contribution in [3.63, 3.8) is 0 Å². The zero-order valence-corrected chi connectivity index (χ0v) is 16.0. The number of amides is 1. The lowest BCUT2D eigenvalue weighted by molar-refractivity contribution is -0.133. The molecule has 1 aliphatic carbocycles. The highest BCUT2D eigenvalue weighted by atomic mass is 35.5. The summed E-state index contributed by atoms with van der Waals surface area (Å²) in [4.78, 5) is 19.5. The van der Waals surface area contributed by atoms with E-state index in [-0.39, 0.29) is 18.3 Å². The van der Waals surface area contributed by atoms with Crippen LogP contribution in [0.3, 0.4) is 0 Å². The fourth-order valence-corrected chi connectivity index (χ4v) is 5.04. The zero-order chi connectivity index (χ0) is 16.8. The molecule has 1 N–H and O–H groups in total. The molecule has 144 valence electrons. The number of fused-ring (bicyclic) bond motifs is 2. The molecule has 3 saturated heterocycles. The highest BCUT2D eigenvalue weighted by Crippen LogP contribution is 2.40. The summed E-state index contributed by atoms with van der Waals surface area (Å²) in [5.74, 6) is 3.28. The Morgan fingerprint density at radius 1 is 1.12 bits per heavy atom. The molecule has 7 heteroatoms. The van der Waals surface area contributed by atoms with Gasteiger partial charge in [0.15, 0.2) is 5.82 Å². The molecule has 1 aromatic rings. The summed E-state index contributed by atoms with van der Waals surface area (Å²) in [7, 11) is 0. The summed E-state index contributed by atoms with van der Waals surface area (Å²) in [6, 6.07) is 1.32. The van der Waals surface area contributed by atoms with Crippen molar-refractivity contribution >= 4 is 18.3 Å². The van der Waals surface area contributed by atoms with Crippen molar-refractivity contribution in [3.05, 3.63) is 11.7 Å². The van der Waals surface area contributed by atoms with Crippen LogP contribution in [0.15, 0.2) is 4.52 Å². The number of likely N-dealkylation sites (tertiary alicyclic amines) is 1. The van der Waals surface area contributed by atoms with E-state index >= 15 is 0 Å². The van der Waals surface area contributed by atoms with Gasteiger partial charge in [-0.25, -0.2) is 0 Å². The topological polar surface area (TPSA) is 71.3 Å². The van der Waals surface area contributed by atoms with Crippen LogP contribution in [0.1, 0.15) is 81.3 Å². The Morgan fingerprint density at radius 2 is 1.88 bits per heavy atom. The van der Waals surface area contributed by atoms with Gasteiger partial charge in [0.05, 0.1) is 0 Å². The van der Waals surface area contributed by atoms with Gasteiger partial charge in [0, 0.05) is 43.4 Å². The molecular weight excluding hydrogens is 352 g/mol. The SMILES string of the molecule is Cl.O=C(CC1CC2CCC(C1)N2)N1CCCC(c2noc(C3CC3)n2)C1. The Labute approximate surface area is 160 Å². The Hall–Kier alpha value is -1.14. The highest BCUT2D eigenvalue weighted by molar-refractivity contribution is 5.85. The third-order valence-electron chi connectivity index (χ3n) is 6.56. The third kappa shape index (κ3) is 3.77. The lowest BCUT2D eigenvalue weighted by Crippen LogP contribution is -2.43. The minimum absolute atomic E-state index is 0. The molecule has 4 fully saturated rings. The second kappa shape index (κ2) is 7.47. The number of rotatable bonds is 4. The normalized spacial score (nSPS) is 33.8. The van der Waals surface area contributed by atoms with E-state index in [4.69, 9.17) is 4.52 Å². The van der Waals surface area contributed by atoms with Crippen LogP contribution in [0.5, 0.6) is 0 Å². The number of hydrogen-bond donors (Lipinski definition) is 1. The van der Waals surface area contributed by atoms with Crippen molar-refractivity contribution in [3.8, 4) is 0 Å². The molecule has 1 amide bonds. The number of hydrogen-bond acceptors (Lipinski definition) is 5. The molecule has 1 saturated carbocycles. The van der Waals surface area contributed by atoms with Crippen LogP contribution >= 0.6 is 12.4 Å². The van der Waals surface area contributed by atoms with Crippen LogP contribution in [0, 0.1) is 5.92 Å². The van der Waals surface area contributed by atoms with Crippen molar-refractivity contribution in [2.24, 2.45) is 5.92 Å². The molecule has 26 heavy (non-hydrogen) atoms. The third-order valence-corrected chi connectivity index (χ3v) is 6.56. The lowest BCUT2D eigenvalue weighted by Gasteiger charge is -2.34. The van der Waals surface area contributed by atoms with Crippen LogP contribution in [0.4, 0.5) is 0 Å². The zero-order valence-electron chi connectivity index (χ0n) is 15.2. The standard InChI is InChI=1S/C19H28N4O2.ClH/c24-17(10-12-8-15-5-6-16(9-12)20-15)23-7-1-2-14(11-23)18-21-19(25-22-18)13-3-4-13;/h12-16,20H,1-11H2;1H. The van der Waals surface area contributed by atoms with E-state index in [9.17, 15) is 4.79 Å². The largest absolute Gasteiger partial charge is 0.342 e. The molecule has 3 aliphatic heterocycles. The Balaban J connectivity index is 0.00000168. The Kier molecular flexibility index (Phi) is 5.24. The van der Waals surface area contributed by atoms with E-state index in [0.29, 0.717) is 29.8 Å². The molecule has 1 aromatic heterocycles. The molecule has 4 heterocycles. The number of nitrogens with zero attached hydrogens (tertiary/aromatic N) is 3. The van der Waals surface area contributed by atoms with Gasteiger partial charge in [-0.15, -0.1) is 12.4 Å². The van der Waals surface area contributed by atoms with Gasteiger partial charge in [-0.1, -0.05) is 5.16 Å². The highest BCUT2D eigenvalue weighted by Gasteiger charge is 2.36. The van der Waals surface area contributed by atoms with E-state index < -0.39 is 0 Å². The summed E-state index contributed by atoms with van der Waals surface area (Å²) in [6.07, 6.45) is 10.1. The van der Waals surface area contributed by atoms with Gasteiger partial charge in [-0.2, -0.15) is 4.98 Å². The molecule has 0 radical (unpaired) electrons. The van der Waals surface area contributed by atoms with Crippen molar-refractivity contribution in [1.82, 2.24) is 20.4 Å². The van der Waals surface area contributed by atoms with E-state index in [1.807, 2.05) is 0 Å². The average molecular weight is 381 g/mol. The molecule has 3 unspecified atom stereocenters. The number of halogens is 1. The second-order valence-corrected chi connectivity index (χ2v) is 8.62. The summed E-state index contributed by atoms with van der Waals surface area (Å²) in [5, 5.41) is 7.87. The monoisotopic (exact) mass is 380 g/mol. The molecule has 5 rings (SSSR count). The maximum atomic E-state index is 12.8. The van der Waals surface area contributed by atoms with Crippen molar-refractivity contribution < 1.29 is 9.32 Å². The van der Waals surface area contributed by atoms with Gasteiger partial charge in [-0.3, -0.25) is 4.79 Å². The van der Waals surface area contributed by atoms with Gasteiger partial charge < -0.3 is 14.7 Å². The maximum absolute atomic E-state index is 12.8. The van der Waals surface area contributed by atoms with Gasteiger partial charge in [0.1, 0.15) is 0 Å². The van der Waals surface area contributed by atoms with Gasteiger partial charge >= 0.3 is 0 Å². The van der Waals surface area contributed by atoms with E-state index in [0.717, 1.165) is 44.1 Å². The fraction of sp³-hybridized carbons (Fsp3) is 0.842. The molecule has 0 aromatic carbocycles. The second-order valence-electron chi connectivity index (χ2n) is 8.62. The van der Waals surface area contributed by atoms with Crippen LogP contribution in [-0.4, -0.2) is 46.1 Å². The first-order valence-corrected chi connectivity index (χ1v) is 10.1. The first-order valence-electron chi connectivity index (χ1n) is 10.1. The smallest absolute Gasteiger partial charge is 0.229 e. The summed E-state index contributed by atoms with van der Waals surface area (Å²) < 4.78 is 5.42. The van der Waals surface area contributed by atoms with Crippen molar-refractivity contribution in [1.29, 1.82) is 0 Å². The van der Waals surface area contributed by atoms with Gasteiger partial charge in [-0.05, 0) is 57.3 Å². The van der Waals surface area contributed by atoms with E-state index in [1.165, 1.54) is 38.5 Å². The maximum Gasteiger partial charge on any atom is 0.229 e. The molecule has 2 bridgehead atoms. The predicted molar refractivity (Wildman–Crippen MR) is 99.4 cm³/mol. The van der Waals surface area contributed by atoms with Crippen LogP contribution in [-0.2, 0) is 4.79 Å². The van der Waals surface area contributed by atoms with Gasteiger partial charge in [0.2, 0.25) is 11.8 Å². The fourth-order valence-electron chi connectivity index (χ4n) is 5.04. The summed E-state index contributed by atoms with van der Waals surface area (Å²) >= 11 is 0. The van der Waals surface area contributed by atoms with Crippen molar-refractivity contribution in [2.45, 2.75) is 81.7 Å². The van der Waals surface area contributed by atoms with Crippen molar-refractivity contribution in [2.75, 3.05) is 13.1 Å². The number of nitrogens with one attached hydrogen (secondary N) is 1. The lowest BCUT2D eigenvalue weighted by atomic mass is 9.88. The van der Waals surface area contributed by atoms with Crippen LogP contribution < -0.4 is 5.32 Å². The molecule has 6 nitrogen and oxygen atoms in total. The van der Waals surface area contributed by atoms with Crippen LogP contribution in [0.25, 0.3) is 0 Å². The predicted octanol–water partition coefficient (Wildman–Crippen LogP) is 3.00. The molecule has 0 spiro atoms. The minimum atomic E-state index is 0. The Bertz CT molecular complexity index is 635. The number of carbonyl (C=O) groups is 1. The number of piperidine rings is 2. The first kappa shape index (κ1) is 18.2. The van der Waals surface area contributed by atoms with Gasteiger partial charge in [0.25, 0.3) is 0 Å². The quantitative estimate of drug-likeness (QED) is 0.869. The first-order chi connectivity index (χ1) is 12.2. The summed E-state index contributed by atoms with van der Waals surface area (Å²) in [5.41, 5.74) is 0. The summed E-state index contributed by atoms with van der Waals surface area (Å²) in [6.45, 7) is 1.65.